The van der Waals surface area contributed by atoms with Crippen LogP contribution in [0, 0.1) is 0 Å². The number of thiazole rings is 1. The van der Waals surface area contributed by atoms with Crippen molar-refractivity contribution in [3.63, 3.8) is 0 Å². The zero-order valence-electron chi connectivity index (χ0n) is 9.79. The summed E-state index contributed by atoms with van der Waals surface area (Å²) in [6.07, 6.45) is 3.57. The van der Waals surface area contributed by atoms with Crippen molar-refractivity contribution >= 4 is 11.3 Å². The zero-order valence-corrected chi connectivity index (χ0v) is 10.6. The summed E-state index contributed by atoms with van der Waals surface area (Å²) >= 11 is 1.71. The lowest BCUT2D eigenvalue weighted by Crippen LogP contribution is -2.22. The highest BCUT2D eigenvalue weighted by Crippen LogP contribution is 2.24. The summed E-state index contributed by atoms with van der Waals surface area (Å²) in [5, 5.41) is 3.27. The van der Waals surface area contributed by atoms with Gasteiger partial charge in [-0.15, -0.1) is 17.9 Å². The van der Waals surface area contributed by atoms with Crippen LogP contribution in [0.25, 0.3) is 0 Å². The highest BCUT2D eigenvalue weighted by Gasteiger charge is 2.17. The van der Waals surface area contributed by atoms with Crippen molar-refractivity contribution in [2.45, 2.75) is 45.1 Å². The van der Waals surface area contributed by atoms with E-state index in [4.69, 9.17) is 5.73 Å². The van der Waals surface area contributed by atoms with Gasteiger partial charge >= 0.3 is 0 Å². The van der Waals surface area contributed by atoms with E-state index in [2.05, 4.69) is 37.7 Å². The van der Waals surface area contributed by atoms with E-state index in [-0.39, 0.29) is 11.5 Å². The number of nitrogens with zero attached hydrogens (tertiary/aromatic N) is 1. The van der Waals surface area contributed by atoms with Crippen LogP contribution in [0.4, 0.5) is 0 Å². The quantitative estimate of drug-likeness (QED) is 0.799. The average Bonchev–Trinajstić information content (AvgIpc) is 2.52. The van der Waals surface area contributed by atoms with Gasteiger partial charge in [-0.1, -0.05) is 26.8 Å². The van der Waals surface area contributed by atoms with E-state index in [0.717, 1.165) is 23.5 Å². The molecule has 0 aliphatic rings. The highest BCUT2D eigenvalue weighted by molar-refractivity contribution is 7.09. The SMILES string of the molecule is C=CCC(N)Cc1nc(C(C)(C)C)cs1. The number of hydrogen-bond acceptors (Lipinski definition) is 3. The smallest absolute Gasteiger partial charge is 0.0944 e. The predicted octanol–water partition coefficient (Wildman–Crippen LogP) is 2.89. The standard InChI is InChI=1S/C12H20N2S/c1-5-6-9(13)7-11-14-10(8-15-11)12(2,3)4/h5,8-9H,1,6-7,13H2,2-4H3. The molecule has 15 heavy (non-hydrogen) atoms. The second-order valence-corrected chi connectivity index (χ2v) is 5.81. The van der Waals surface area contributed by atoms with Crippen molar-refractivity contribution in [3.05, 3.63) is 28.7 Å². The molecule has 0 saturated heterocycles. The first kappa shape index (κ1) is 12.4. The third-order valence-corrected chi connectivity index (χ3v) is 3.10. The fraction of sp³-hybridized carbons (Fsp3) is 0.583. The minimum Gasteiger partial charge on any atom is -0.327 e. The Balaban J connectivity index is 2.64. The second kappa shape index (κ2) is 4.90. The van der Waals surface area contributed by atoms with Crippen LogP contribution in [-0.2, 0) is 11.8 Å². The maximum Gasteiger partial charge on any atom is 0.0944 e. The Labute approximate surface area is 96.2 Å². The molecule has 1 atom stereocenters. The molecule has 0 aromatic carbocycles. The van der Waals surface area contributed by atoms with Crippen LogP contribution in [0.1, 0.15) is 37.9 Å². The van der Waals surface area contributed by atoms with Crippen LogP contribution < -0.4 is 5.73 Å². The molecular weight excluding hydrogens is 204 g/mol. The van der Waals surface area contributed by atoms with Gasteiger partial charge < -0.3 is 5.73 Å². The predicted molar refractivity (Wildman–Crippen MR) is 67.3 cm³/mol. The Morgan fingerprint density at radius 2 is 2.27 bits per heavy atom. The van der Waals surface area contributed by atoms with Gasteiger partial charge in [0, 0.05) is 23.3 Å². The van der Waals surface area contributed by atoms with Gasteiger partial charge in [0.15, 0.2) is 0 Å². The number of rotatable bonds is 4. The maximum atomic E-state index is 5.93. The van der Waals surface area contributed by atoms with Crippen LogP contribution in [0.15, 0.2) is 18.0 Å². The first-order chi connectivity index (χ1) is 6.93. The van der Waals surface area contributed by atoms with E-state index < -0.39 is 0 Å². The summed E-state index contributed by atoms with van der Waals surface area (Å²) in [5.74, 6) is 0. The van der Waals surface area contributed by atoms with E-state index in [9.17, 15) is 0 Å². The first-order valence-corrected chi connectivity index (χ1v) is 6.13. The van der Waals surface area contributed by atoms with E-state index in [1.165, 1.54) is 0 Å². The van der Waals surface area contributed by atoms with Gasteiger partial charge in [0.2, 0.25) is 0 Å². The highest BCUT2D eigenvalue weighted by atomic mass is 32.1. The average molecular weight is 224 g/mol. The molecule has 1 rings (SSSR count). The summed E-state index contributed by atoms with van der Waals surface area (Å²) < 4.78 is 0. The summed E-state index contributed by atoms with van der Waals surface area (Å²) in [4.78, 5) is 4.61. The van der Waals surface area contributed by atoms with E-state index >= 15 is 0 Å². The van der Waals surface area contributed by atoms with Crippen LogP contribution in [0.3, 0.4) is 0 Å². The largest absolute Gasteiger partial charge is 0.327 e. The van der Waals surface area contributed by atoms with Crippen LogP contribution >= 0.6 is 11.3 Å². The number of hydrogen-bond donors (Lipinski definition) is 1. The molecule has 0 aliphatic heterocycles. The molecule has 0 saturated carbocycles. The Kier molecular flexibility index (Phi) is 4.05. The summed E-state index contributed by atoms with van der Waals surface area (Å²) in [6, 6.07) is 0.154. The lowest BCUT2D eigenvalue weighted by Gasteiger charge is -2.14. The Morgan fingerprint density at radius 1 is 1.60 bits per heavy atom. The van der Waals surface area contributed by atoms with Gasteiger partial charge in [0.1, 0.15) is 0 Å². The van der Waals surface area contributed by atoms with Crippen molar-refractivity contribution in [3.8, 4) is 0 Å². The fourth-order valence-electron chi connectivity index (χ4n) is 1.27. The Morgan fingerprint density at radius 3 is 2.73 bits per heavy atom. The Bertz CT molecular complexity index is 323. The van der Waals surface area contributed by atoms with Crippen molar-refractivity contribution in [2.24, 2.45) is 5.73 Å². The minimum atomic E-state index is 0.136. The van der Waals surface area contributed by atoms with Crippen molar-refractivity contribution < 1.29 is 0 Å². The molecule has 1 aromatic rings. The molecule has 0 amide bonds. The molecule has 0 aliphatic carbocycles. The van der Waals surface area contributed by atoms with Gasteiger partial charge in [-0.25, -0.2) is 4.98 Å². The van der Waals surface area contributed by atoms with Gasteiger partial charge in [-0.2, -0.15) is 0 Å². The summed E-state index contributed by atoms with van der Waals surface area (Å²) in [7, 11) is 0. The molecule has 0 radical (unpaired) electrons. The van der Waals surface area contributed by atoms with Crippen molar-refractivity contribution in [2.75, 3.05) is 0 Å². The first-order valence-electron chi connectivity index (χ1n) is 5.25. The van der Waals surface area contributed by atoms with Gasteiger partial charge in [0.05, 0.1) is 10.7 Å². The van der Waals surface area contributed by atoms with Crippen molar-refractivity contribution in [1.29, 1.82) is 0 Å². The molecule has 1 unspecified atom stereocenters. The van der Waals surface area contributed by atoms with Crippen molar-refractivity contribution in [1.82, 2.24) is 4.98 Å². The molecule has 2 N–H and O–H groups in total. The van der Waals surface area contributed by atoms with E-state index in [1.807, 2.05) is 6.08 Å². The minimum absolute atomic E-state index is 0.136. The topological polar surface area (TPSA) is 38.9 Å². The molecule has 3 heteroatoms. The van der Waals surface area contributed by atoms with Gasteiger partial charge in [-0.3, -0.25) is 0 Å². The van der Waals surface area contributed by atoms with Crippen LogP contribution in [-0.4, -0.2) is 11.0 Å². The molecule has 1 heterocycles. The maximum absolute atomic E-state index is 5.93. The molecule has 84 valence electrons. The van der Waals surface area contributed by atoms with Gasteiger partial charge in [-0.05, 0) is 6.42 Å². The molecule has 0 spiro atoms. The third kappa shape index (κ3) is 3.76. The normalized spacial score (nSPS) is 13.9. The summed E-state index contributed by atoms with van der Waals surface area (Å²) in [6.45, 7) is 10.2. The third-order valence-electron chi connectivity index (χ3n) is 2.23. The van der Waals surface area contributed by atoms with Gasteiger partial charge in [0.25, 0.3) is 0 Å². The van der Waals surface area contributed by atoms with Crippen LogP contribution in [0.2, 0.25) is 0 Å². The number of aromatic nitrogens is 1. The molecule has 0 fully saturated rings. The Hall–Kier alpha value is -0.670. The molecular formula is C12H20N2S. The van der Waals surface area contributed by atoms with E-state index in [0.29, 0.717) is 0 Å². The second-order valence-electron chi connectivity index (χ2n) is 4.87. The zero-order chi connectivity index (χ0) is 11.5. The monoisotopic (exact) mass is 224 g/mol. The molecule has 2 nitrogen and oxygen atoms in total. The molecule has 0 bridgehead atoms. The fourth-order valence-corrected chi connectivity index (χ4v) is 2.39. The lowest BCUT2D eigenvalue weighted by molar-refractivity contribution is 0.568. The number of nitrogens with two attached hydrogens (primary N) is 1. The molecule has 1 aromatic heterocycles. The van der Waals surface area contributed by atoms with E-state index in [1.54, 1.807) is 11.3 Å². The summed E-state index contributed by atoms with van der Waals surface area (Å²) in [5.41, 5.74) is 7.23. The lowest BCUT2D eigenvalue weighted by atomic mass is 9.93. The van der Waals surface area contributed by atoms with Crippen LogP contribution in [0.5, 0.6) is 0 Å².